The van der Waals surface area contributed by atoms with E-state index in [0.29, 0.717) is 11.7 Å². The summed E-state index contributed by atoms with van der Waals surface area (Å²) in [6, 6.07) is 3.40. The molecule has 1 aromatic heterocycles. The van der Waals surface area contributed by atoms with Gasteiger partial charge in [0.05, 0.1) is 0 Å². The molecule has 0 aromatic carbocycles. The molecule has 0 amide bonds. The lowest BCUT2D eigenvalue weighted by molar-refractivity contribution is -0.526. The number of hydrogen-bond acceptors (Lipinski definition) is 5. The monoisotopic (exact) mass is 273 g/mol. The van der Waals surface area contributed by atoms with E-state index in [1.165, 1.54) is 12.0 Å². The molecule has 0 fully saturated rings. The maximum Gasteiger partial charge on any atom is 0.297 e. The smallest absolute Gasteiger partial charge is 0.297 e. The van der Waals surface area contributed by atoms with E-state index in [0.717, 1.165) is 5.56 Å². The zero-order valence-corrected chi connectivity index (χ0v) is 10.6. The molecule has 0 radical (unpaired) electrons. The highest BCUT2D eigenvalue weighted by molar-refractivity contribution is 6.29. The van der Waals surface area contributed by atoms with Crippen molar-refractivity contribution in [3.63, 3.8) is 0 Å². The van der Waals surface area contributed by atoms with E-state index in [-0.39, 0.29) is 5.96 Å². The second-order valence-electron chi connectivity index (χ2n) is 3.31. The number of oxime groups is 1. The van der Waals surface area contributed by atoms with Crippen molar-refractivity contribution >= 4 is 17.6 Å². The molecule has 0 spiro atoms. The minimum atomic E-state index is -0.714. The summed E-state index contributed by atoms with van der Waals surface area (Å²) in [6.07, 6.45) is 1.58. The van der Waals surface area contributed by atoms with Crippen LogP contribution in [0.1, 0.15) is 5.56 Å². The number of pyridine rings is 1. The first-order valence-electron chi connectivity index (χ1n) is 4.86. The van der Waals surface area contributed by atoms with Crippen LogP contribution in [0.2, 0.25) is 5.15 Å². The molecule has 18 heavy (non-hydrogen) atoms. The third-order valence-electron chi connectivity index (χ3n) is 1.94. The predicted molar refractivity (Wildman–Crippen MR) is 65.3 cm³/mol. The standard InChI is InChI=1S/C9H12ClN5O3/c1-14(9(13-18-2)12-15(16)17)6-7-3-4-8(10)11-5-7/h3-5H,6H2,1-2H3,(H,12,13). The van der Waals surface area contributed by atoms with Crippen molar-refractivity contribution in [1.29, 1.82) is 0 Å². The van der Waals surface area contributed by atoms with Crippen molar-refractivity contribution in [2.45, 2.75) is 6.54 Å². The van der Waals surface area contributed by atoms with E-state index in [9.17, 15) is 10.1 Å². The largest absolute Gasteiger partial charge is 0.396 e. The lowest BCUT2D eigenvalue weighted by Crippen LogP contribution is -2.41. The molecule has 98 valence electrons. The second kappa shape index (κ2) is 6.60. The van der Waals surface area contributed by atoms with Crippen molar-refractivity contribution in [1.82, 2.24) is 15.3 Å². The average molecular weight is 274 g/mol. The van der Waals surface area contributed by atoms with Crippen molar-refractivity contribution in [3.8, 4) is 0 Å². The Kier molecular flexibility index (Phi) is 5.12. The Labute approximate surface area is 108 Å². The molecule has 0 bridgehead atoms. The number of aromatic nitrogens is 1. The topological polar surface area (TPSA) is 92.9 Å². The fourth-order valence-corrected chi connectivity index (χ4v) is 1.30. The van der Waals surface area contributed by atoms with Gasteiger partial charge in [0, 0.05) is 19.8 Å². The fraction of sp³-hybridized carbons (Fsp3) is 0.333. The number of hydrogen-bond donors (Lipinski definition) is 1. The molecule has 1 heterocycles. The highest BCUT2D eigenvalue weighted by Crippen LogP contribution is 2.07. The summed E-state index contributed by atoms with van der Waals surface area (Å²) in [5.74, 6) is -0.0162. The molecule has 0 atom stereocenters. The summed E-state index contributed by atoms with van der Waals surface area (Å²) < 4.78 is 0. The average Bonchev–Trinajstić information content (AvgIpc) is 2.31. The normalized spacial score (nSPS) is 10.9. The zero-order valence-electron chi connectivity index (χ0n) is 9.83. The van der Waals surface area contributed by atoms with Crippen LogP contribution in [0.25, 0.3) is 0 Å². The van der Waals surface area contributed by atoms with Gasteiger partial charge in [-0.05, 0) is 16.8 Å². The van der Waals surface area contributed by atoms with Crippen molar-refractivity contribution in [2.75, 3.05) is 14.2 Å². The molecule has 0 aliphatic carbocycles. The zero-order chi connectivity index (χ0) is 13.5. The molecule has 8 nitrogen and oxygen atoms in total. The van der Waals surface area contributed by atoms with Crippen LogP contribution in [-0.2, 0) is 11.4 Å². The van der Waals surface area contributed by atoms with Gasteiger partial charge in [-0.15, -0.1) is 0 Å². The summed E-state index contributed by atoms with van der Waals surface area (Å²) >= 11 is 5.66. The van der Waals surface area contributed by atoms with Gasteiger partial charge in [0.2, 0.25) is 0 Å². The van der Waals surface area contributed by atoms with E-state index in [4.69, 9.17) is 11.6 Å². The fourth-order valence-electron chi connectivity index (χ4n) is 1.19. The summed E-state index contributed by atoms with van der Waals surface area (Å²) in [5.41, 5.74) is 2.77. The first-order valence-corrected chi connectivity index (χ1v) is 5.24. The molecule has 0 aliphatic heterocycles. The van der Waals surface area contributed by atoms with Crippen molar-refractivity contribution < 1.29 is 9.87 Å². The van der Waals surface area contributed by atoms with Crippen LogP contribution in [0, 0.1) is 10.1 Å². The van der Waals surface area contributed by atoms with Gasteiger partial charge in [-0.2, -0.15) is 0 Å². The molecule has 1 aromatic rings. The summed E-state index contributed by atoms with van der Waals surface area (Å²) in [4.78, 5) is 20.3. The first kappa shape index (κ1) is 14.0. The Hall–Kier alpha value is -2.09. The van der Waals surface area contributed by atoms with Crippen LogP contribution in [0.3, 0.4) is 0 Å². The van der Waals surface area contributed by atoms with E-state index < -0.39 is 5.03 Å². The molecule has 0 saturated heterocycles. The van der Waals surface area contributed by atoms with Gasteiger partial charge in [-0.25, -0.2) is 15.1 Å². The van der Waals surface area contributed by atoms with Gasteiger partial charge in [-0.3, -0.25) is 0 Å². The Bertz CT molecular complexity index is 436. The number of halogens is 1. The molecule has 0 saturated carbocycles. The van der Waals surface area contributed by atoms with Crippen LogP contribution < -0.4 is 5.43 Å². The highest BCUT2D eigenvalue weighted by atomic mass is 35.5. The quantitative estimate of drug-likeness (QED) is 0.288. The van der Waals surface area contributed by atoms with Crippen LogP contribution in [-0.4, -0.2) is 35.0 Å². The van der Waals surface area contributed by atoms with Crippen LogP contribution in [0.4, 0.5) is 0 Å². The molecule has 1 rings (SSSR count). The van der Waals surface area contributed by atoms with Crippen LogP contribution >= 0.6 is 11.6 Å². The van der Waals surface area contributed by atoms with E-state index >= 15 is 0 Å². The summed E-state index contributed by atoms with van der Waals surface area (Å²) in [5, 5.41) is 13.6. The maximum atomic E-state index is 10.4. The minimum Gasteiger partial charge on any atom is -0.396 e. The Morgan fingerprint density at radius 3 is 2.94 bits per heavy atom. The summed E-state index contributed by atoms with van der Waals surface area (Å²) in [7, 11) is 2.93. The summed E-state index contributed by atoms with van der Waals surface area (Å²) in [6.45, 7) is 0.368. The molecule has 0 unspecified atom stereocenters. The number of rotatable bonds is 4. The van der Waals surface area contributed by atoms with Crippen molar-refractivity contribution in [2.24, 2.45) is 5.16 Å². The highest BCUT2D eigenvalue weighted by Gasteiger charge is 2.13. The van der Waals surface area contributed by atoms with Crippen LogP contribution in [0.5, 0.6) is 0 Å². The lowest BCUT2D eigenvalue weighted by atomic mass is 10.3. The molecule has 0 aliphatic rings. The van der Waals surface area contributed by atoms with E-state index in [1.807, 2.05) is 5.43 Å². The number of nitrogens with zero attached hydrogens (tertiary/aromatic N) is 4. The molecular weight excluding hydrogens is 262 g/mol. The number of hydrazine groups is 1. The molecule has 9 heteroatoms. The Balaban J connectivity index is 2.72. The maximum absolute atomic E-state index is 10.4. The number of nitro groups is 1. The van der Waals surface area contributed by atoms with Gasteiger partial charge in [-0.1, -0.05) is 23.1 Å². The van der Waals surface area contributed by atoms with Gasteiger partial charge in [0.15, 0.2) is 5.03 Å². The van der Waals surface area contributed by atoms with Gasteiger partial charge >= 0.3 is 0 Å². The predicted octanol–water partition coefficient (Wildman–Crippen LogP) is 0.865. The minimum absolute atomic E-state index is 0.0162. The number of guanidine groups is 1. The van der Waals surface area contributed by atoms with E-state index in [1.54, 1.807) is 25.4 Å². The Morgan fingerprint density at radius 2 is 2.44 bits per heavy atom. The van der Waals surface area contributed by atoms with E-state index in [2.05, 4.69) is 15.0 Å². The first-order chi connectivity index (χ1) is 8.52. The second-order valence-corrected chi connectivity index (χ2v) is 3.70. The molecular formula is C9H12ClN5O3. The Morgan fingerprint density at radius 1 is 1.72 bits per heavy atom. The lowest BCUT2D eigenvalue weighted by Gasteiger charge is -2.17. The molecule has 1 N–H and O–H groups in total. The third-order valence-corrected chi connectivity index (χ3v) is 2.16. The third kappa shape index (κ3) is 4.42. The van der Waals surface area contributed by atoms with Gasteiger partial charge in [0.25, 0.3) is 5.96 Å². The number of nitrogens with one attached hydrogen (secondary N) is 1. The van der Waals surface area contributed by atoms with Crippen molar-refractivity contribution in [3.05, 3.63) is 39.2 Å². The van der Waals surface area contributed by atoms with Gasteiger partial charge in [0.1, 0.15) is 12.3 Å². The SMILES string of the molecule is CON=C(N[N+](=O)[O-])N(C)Cc1ccc(Cl)nc1. The van der Waals surface area contributed by atoms with Gasteiger partial charge < -0.3 is 9.74 Å². The van der Waals surface area contributed by atoms with Crippen LogP contribution in [0.15, 0.2) is 23.5 Å².